The van der Waals surface area contributed by atoms with Gasteiger partial charge in [0.2, 0.25) is 0 Å². The fourth-order valence-electron chi connectivity index (χ4n) is 1.96. The van der Waals surface area contributed by atoms with E-state index in [4.69, 9.17) is 20.2 Å². The Hall–Kier alpha value is -1.08. The van der Waals surface area contributed by atoms with Crippen LogP contribution in [0.4, 0.5) is 0 Å². The van der Waals surface area contributed by atoms with Gasteiger partial charge in [0.05, 0.1) is 12.7 Å². The van der Waals surface area contributed by atoms with E-state index < -0.39 is 7.12 Å². The van der Waals surface area contributed by atoms with E-state index in [1.54, 1.807) is 6.07 Å². The maximum atomic E-state index is 9.81. The molecule has 1 heterocycles. The molecular weight excluding hydrogens is 223 g/mol. The molecule has 1 aliphatic heterocycles. The van der Waals surface area contributed by atoms with Crippen LogP contribution in [-0.4, -0.2) is 37.0 Å². The second kappa shape index (κ2) is 5.51. The van der Waals surface area contributed by atoms with Crippen molar-refractivity contribution in [1.82, 2.24) is 0 Å². The largest absolute Gasteiger partial charge is 0.495 e. The van der Waals surface area contributed by atoms with E-state index in [0.29, 0.717) is 30.8 Å². The third kappa shape index (κ3) is 2.45. The van der Waals surface area contributed by atoms with Gasteiger partial charge in [-0.05, 0) is 11.6 Å². The van der Waals surface area contributed by atoms with E-state index in [1.165, 1.54) is 0 Å². The van der Waals surface area contributed by atoms with E-state index in [1.807, 2.05) is 12.1 Å². The molecule has 1 aromatic carbocycles. The smallest absolute Gasteiger partial charge is 0.494 e. The Labute approximate surface area is 100 Å². The Morgan fingerprint density at radius 1 is 1.53 bits per heavy atom. The summed E-state index contributed by atoms with van der Waals surface area (Å²) in [7, 11) is -0.983. The summed E-state index contributed by atoms with van der Waals surface area (Å²) < 4.78 is 10.8. The fourth-order valence-corrected chi connectivity index (χ4v) is 1.96. The lowest BCUT2D eigenvalue weighted by Crippen LogP contribution is -2.30. The number of benzene rings is 1. The van der Waals surface area contributed by atoms with E-state index in [0.717, 1.165) is 5.56 Å². The van der Waals surface area contributed by atoms with Crippen molar-refractivity contribution in [2.24, 2.45) is 5.73 Å². The Morgan fingerprint density at radius 2 is 2.35 bits per heavy atom. The molecule has 0 saturated carbocycles. The summed E-state index contributed by atoms with van der Waals surface area (Å²) in [5.41, 5.74) is 7.10. The fraction of sp³-hybridized carbons (Fsp3) is 0.455. The van der Waals surface area contributed by atoms with Gasteiger partial charge in [-0.25, -0.2) is 0 Å². The predicted molar refractivity (Wildman–Crippen MR) is 64.1 cm³/mol. The number of rotatable bonds is 5. The summed E-state index contributed by atoms with van der Waals surface area (Å²) in [6, 6.07) is 5.50. The highest BCUT2D eigenvalue weighted by atomic mass is 16.5. The van der Waals surface area contributed by atoms with Gasteiger partial charge in [-0.3, -0.25) is 0 Å². The highest BCUT2D eigenvalue weighted by molar-refractivity contribution is 6.62. The minimum absolute atomic E-state index is 0.0828. The summed E-state index contributed by atoms with van der Waals surface area (Å²) in [6.07, 6.45) is 0.280. The molecule has 1 aliphatic rings. The lowest BCUT2D eigenvalue weighted by Gasteiger charge is -2.11. The van der Waals surface area contributed by atoms with Crippen LogP contribution in [0.1, 0.15) is 18.1 Å². The summed E-state index contributed by atoms with van der Waals surface area (Å²) in [5.74, 6) is 0.597. The molecule has 0 aromatic heterocycles. The van der Waals surface area contributed by atoms with Crippen LogP contribution in [0.2, 0.25) is 0 Å². The average Bonchev–Trinajstić information content (AvgIpc) is 2.68. The third-order valence-corrected chi connectivity index (χ3v) is 2.76. The first-order valence-corrected chi connectivity index (χ1v) is 5.68. The Kier molecular flexibility index (Phi) is 4.01. The molecule has 0 spiro atoms. The molecule has 0 saturated heterocycles. The van der Waals surface area contributed by atoms with Crippen LogP contribution in [0.25, 0.3) is 0 Å². The predicted octanol–water partition coefficient (Wildman–Crippen LogP) is -0.835. The molecule has 2 rings (SSSR count). The highest BCUT2D eigenvalue weighted by Crippen LogP contribution is 2.26. The first-order valence-electron chi connectivity index (χ1n) is 5.68. The van der Waals surface area contributed by atoms with Crippen molar-refractivity contribution in [3.63, 3.8) is 0 Å². The minimum atomic E-state index is -0.983. The highest BCUT2D eigenvalue weighted by Gasteiger charge is 2.37. The van der Waals surface area contributed by atoms with E-state index in [2.05, 4.69) is 0 Å². The molecule has 1 atom stereocenters. The van der Waals surface area contributed by atoms with Crippen molar-refractivity contribution in [2.75, 3.05) is 19.8 Å². The number of fused-ring (bicyclic) bond motifs is 1. The van der Waals surface area contributed by atoms with Crippen LogP contribution in [0.3, 0.4) is 0 Å². The standard InChI is InChI=1S/C11H16BNO4/c13-7-10-8-3-1-4-9(16-6-2-5-14)11(8)12(15)17-10/h1,3-4,10,14-15H,2,5-7,13H2/t10-/m1/s1/i7+2. The summed E-state index contributed by atoms with van der Waals surface area (Å²) in [5, 5.41) is 18.5. The zero-order valence-corrected chi connectivity index (χ0v) is 9.50. The molecule has 17 heavy (non-hydrogen) atoms. The summed E-state index contributed by atoms with van der Waals surface area (Å²) >= 11 is 0. The van der Waals surface area contributed by atoms with Crippen LogP contribution < -0.4 is 15.9 Å². The van der Waals surface area contributed by atoms with Crippen molar-refractivity contribution in [3.8, 4) is 5.75 Å². The molecule has 4 N–H and O–H groups in total. The lowest BCUT2D eigenvalue weighted by atomic mass is 9.78. The van der Waals surface area contributed by atoms with E-state index >= 15 is 0 Å². The third-order valence-electron chi connectivity index (χ3n) is 2.76. The first kappa shape index (κ1) is 12.4. The lowest BCUT2D eigenvalue weighted by molar-refractivity contribution is 0.198. The zero-order chi connectivity index (χ0) is 12.3. The van der Waals surface area contributed by atoms with Gasteiger partial charge in [0.1, 0.15) is 5.75 Å². The van der Waals surface area contributed by atoms with Gasteiger partial charge in [0, 0.05) is 25.0 Å². The Morgan fingerprint density at radius 3 is 3.06 bits per heavy atom. The normalized spacial score (nSPS) is 18.3. The molecule has 0 unspecified atom stereocenters. The van der Waals surface area contributed by atoms with Gasteiger partial charge in [-0.2, -0.15) is 0 Å². The van der Waals surface area contributed by atoms with Crippen LogP contribution in [0.5, 0.6) is 5.75 Å². The molecule has 0 fully saturated rings. The van der Waals surface area contributed by atoms with Crippen molar-refractivity contribution in [3.05, 3.63) is 23.8 Å². The molecular formula is C11H16BNO4. The first-order chi connectivity index (χ1) is 8.27. The van der Waals surface area contributed by atoms with Crippen molar-refractivity contribution >= 4 is 12.6 Å². The maximum Gasteiger partial charge on any atom is 0.495 e. The molecule has 0 aliphatic carbocycles. The second-order valence-corrected chi connectivity index (χ2v) is 3.90. The number of aliphatic hydroxyl groups excluding tert-OH is 1. The Bertz CT molecular complexity index is 388. The Balaban J connectivity index is 2.21. The quantitative estimate of drug-likeness (QED) is 0.461. The maximum absolute atomic E-state index is 9.81. The monoisotopic (exact) mass is 239 g/mol. The van der Waals surface area contributed by atoms with Crippen LogP contribution in [0, 0.1) is 0 Å². The van der Waals surface area contributed by atoms with Gasteiger partial charge >= 0.3 is 7.12 Å². The second-order valence-electron chi connectivity index (χ2n) is 3.90. The number of ether oxygens (including phenoxy) is 1. The SMILES string of the molecule is N[14CH2][C@H]1OB(O)c2c(OCCCO)cccc21. The van der Waals surface area contributed by atoms with Crippen molar-refractivity contribution in [2.45, 2.75) is 12.5 Å². The molecule has 1 aromatic rings. The molecule has 0 radical (unpaired) electrons. The molecule has 92 valence electrons. The van der Waals surface area contributed by atoms with Gasteiger partial charge < -0.3 is 25.3 Å². The number of aliphatic hydroxyl groups is 1. The summed E-state index contributed by atoms with van der Waals surface area (Å²) in [4.78, 5) is 0. The van der Waals surface area contributed by atoms with E-state index in [9.17, 15) is 5.02 Å². The van der Waals surface area contributed by atoms with Gasteiger partial charge in [0.15, 0.2) is 0 Å². The van der Waals surface area contributed by atoms with Crippen LogP contribution in [-0.2, 0) is 4.65 Å². The van der Waals surface area contributed by atoms with Crippen molar-refractivity contribution in [1.29, 1.82) is 0 Å². The average molecular weight is 239 g/mol. The molecule has 6 heteroatoms. The van der Waals surface area contributed by atoms with Gasteiger partial charge in [-0.15, -0.1) is 0 Å². The van der Waals surface area contributed by atoms with E-state index in [-0.39, 0.29) is 12.7 Å². The number of nitrogens with two attached hydrogens (primary N) is 1. The van der Waals surface area contributed by atoms with Gasteiger partial charge in [-0.1, -0.05) is 12.1 Å². The minimum Gasteiger partial charge on any atom is -0.494 e. The molecule has 5 nitrogen and oxygen atoms in total. The van der Waals surface area contributed by atoms with Gasteiger partial charge in [0.25, 0.3) is 0 Å². The number of hydrogen-bond donors (Lipinski definition) is 3. The summed E-state index contributed by atoms with van der Waals surface area (Å²) in [6.45, 7) is 0.816. The zero-order valence-electron chi connectivity index (χ0n) is 9.50. The van der Waals surface area contributed by atoms with Crippen molar-refractivity contribution < 1.29 is 19.5 Å². The van der Waals surface area contributed by atoms with Crippen LogP contribution in [0.15, 0.2) is 18.2 Å². The molecule has 0 amide bonds. The topological polar surface area (TPSA) is 84.9 Å². The van der Waals surface area contributed by atoms with Crippen LogP contribution >= 0.6 is 0 Å². The number of hydrogen-bond acceptors (Lipinski definition) is 5. The molecule has 0 bridgehead atoms.